The topological polar surface area (TPSA) is 50.7 Å². The molecule has 1 heterocycles. The maximum Gasteiger partial charge on any atom is 0.317 e. The van der Waals surface area contributed by atoms with Gasteiger partial charge in [-0.15, -0.1) is 0 Å². The Kier molecular flexibility index (Phi) is 5.12. The van der Waals surface area contributed by atoms with Crippen LogP contribution in [0.25, 0.3) is 0 Å². The van der Waals surface area contributed by atoms with E-state index in [4.69, 9.17) is 4.74 Å². The van der Waals surface area contributed by atoms with Gasteiger partial charge < -0.3 is 10.1 Å². The molecule has 1 aromatic carbocycles. The second-order valence-corrected chi connectivity index (χ2v) is 5.80. The number of hydrogen-bond donors (Lipinski definition) is 1. The third-order valence-electron chi connectivity index (χ3n) is 3.91. The van der Waals surface area contributed by atoms with Crippen LogP contribution >= 0.6 is 0 Å². The fourth-order valence-corrected chi connectivity index (χ4v) is 2.56. The molecule has 1 aliphatic rings. The van der Waals surface area contributed by atoms with Gasteiger partial charge >= 0.3 is 5.97 Å². The summed E-state index contributed by atoms with van der Waals surface area (Å²) in [5.74, 6) is -0.197. The first-order chi connectivity index (χ1) is 10.1. The van der Waals surface area contributed by atoms with Crippen LogP contribution in [0.3, 0.4) is 0 Å². The highest BCUT2D eigenvalue weighted by Gasteiger charge is 2.36. The summed E-state index contributed by atoms with van der Waals surface area (Å²) in [6.45, 7) is 7.55. The number of carbonyl (C=O) groups is 1. The number of nitrogens with one attached hydrogen (secondary N) is 1. The summed E-state index contributed by atoms with van der Waals surface area (Å²) in [6.07, 6.45) is 0.732. The largest absolute Gasteiger partial charge is 0.465 e. The van der Waals surface area contributed by atoms with E-state index in [1.807, 2.05) is 39.0 Å². The van der Waals surface area contributed by atoms with Gasteiger partial charge in [0.15, 0.2) is 0 Å². The summed E-state index contributed by atoms with van der Waals surface area (Å²) in [5.41, 5.74) is 1.47. The number of esters is 1. The lowest BCUT2D eigenvalue weighted by Crippen LogP contribution is -2.36. The highest BCUT2D eigenvalue weighted by molar-refractivity contribution is 6.06. The van der Waals surface area contributed by atoms with E-state index >= 15 is 0 Å². The van der Waals surface area contributed by atoms with Gasteiger partial charge in [0.05, 0.1) is 13.2 Å². The summed E-state index contributed by atoms with van der Waals surface area (Å²) < 4.78 is 5.20. The van der Waals surface area contributed by atoms with Crippen molar-refractivity contribution in [3.05, 3.63) is 35.9 Å². The van der Waals surface area contributed by atoms with Gasteiger partial charge in [0.2, 0.25) is 0 Å². The molecule has 1 atom stereocenters. The molecular weight excluding hydrogens is 264 g/mol. The molecule has 4 nitrogen and oxygen atoms in total. The first-order valence-electron chi connectivity index (χ1n) is 7.55. The lowest BCUT2D eigenvalue weighted by atomic mass is 9.83. The SMILES string of the molecule is CCOC(=O)C(C)(C)C1=NCCNC(c2ccccc2)C1. The number of hydrogen-bond acceptors (Lipinski definition) is 4. The van der Waals surface area contributed by atoms with Crippen molar-refractivity contribution in [1.29, 1.82) is 0 Å². The van der Waals surface area contributed by atoms with Gasteiger partial charge in [-0.3, -0.25) is 9.79 Å². The smallest absolute Gasteiger partial charge is 0.317 e. The van der Waals surface area contributed by atoms with Crippen LogP contribution < -0.4 is 5.32 Å². The lowest BCUT2D eigenvalue weighted by Gasteiger charge is -2.26. The number of benzene rings is 1. The Morgan fingerprint density at radius 1 is 1.38 bits per heavy atom. The van der Waals surface area contributed by atoms with Gasteiger partial charge in [0.1, 0.15) is 5.41 Å². The van der Waals surface area contributed by atoms with Crippen LogP contribution in [-0.2, 0) is 9.53 Å². The Hall–Kier alpha value is -1.68. The lowest BCUT2D eigenvalue weighted by molar-refractivity contribution is -0.149. The molecule has 1 aromatic rings. The molecular formula is C17H24N2O2. The first kappa shape index (κ1) is 15.7. The minimum atomic E-state index is -0.672. The Morgan fingerprint density at radius 3 is 2.76 bits per heavy atom. The summed E-state index contributed by atoms with van der Waals surface area (Å²) >= 11 is 0. The molecule has 4 heteroatoms. The molecule has 114 valence electrons. The summed E-state index contributed by atoms with van der Waals surface area (Å²) in [4.78, 5) is 16.8. The molecule has 0 amide bonds. The molecule has 2 rings (SSSR count). The first-order valence-corrected chi connectivity index (χ1v) is 7.55. The van der Waals surface area contributed by atoms with Gasteiger partial charge in [-0.25, -0.2) is 0 Å². The number of ether oxygens (including phenoxy) is 1. The molecule has 0 fully saturated rings. The predicted molar refractivity (Wildman–Crippen MR) is 84.5 cm³/mol. The van der Waals surface area contributed by atoms with Gasteiger partial charge in [-0.1, -0.05) is 30.3 Å². The molecule has 0 bridgehead atoms. The van der Waals surface area contributed by atoms with E-state index in [0.29, 0.717) is 13.2 Å². The van der Waals surface area contributed by atoms with Crippen LogP contribution in [0.15, 0.2) is 35.3 Å². The Bertz CT molecular complexity index is 509. The van der Waals surface area contributed by atoms with Crippen LogP contribution in [-0.4, -0.2) is 31.4 Å². The Morgan fingerprint density at radius 2 is 2.10 bits per heavy atom. The summed E-state index contributed by atoms with van der Waals surface area (Å²) in [6, 6.07) is 10.5. The van der Waals surface area contributed by atoms with E-state index in [1.54, 1.807) is 0 Å². The van der Waals surface area contributed by atoms with E-state index < -0.39 is 5.41 Å². The van der Waals surface area contributed by atoms with E-state index in [2.05, 4.69) is 22.4 Å². The van der Waals surface area contributed by atoms with Gasteiger partial charge in [-0.05, 0) is 26.3 Å². The molecule has 1 N–H and O–H groups in total. The third kappa shape index (κ3) is 3.70. The van der Waals surface area contributed by atoms with Gasteiger partial charge in [0.25, 0.3) is 0 Å². The van der Waals surface area contributed by atoms with Crippen molar-refractivity contribution in [1.82, 2.24) is 5.32 Å². The predicted octanol–water partition coefficient (Wildman–Crippen LogP) is 2.75. The second-order valence-electron chi connectivity index (χ2n) is 5.80. The maximum atomic E-state index is 12.2. The van der Waals surface area contributed by atoms with Crippen molar-refractivity contribution in [3.63, 3.8) is 0 Å². The van der Waals surface area contributed by atoms with Crippen LogP contribution in [0, 0.1) is 5.41 Å². The van der Waals surface area contributed by atoms with Crippen molar-refractivity contribution in [3.8, 4) is 0 Å². The van der Waals surface area contributed by atoms with Crippen molar-refractivity contribution >= 4 is 11.7 Å². The van der Waals surface area contributed by atoms with Crippen LogP contribution in [0.5, 0.6) is 0 Å². The Labute approximate surface area is 126 Å². The zero-order chi connectivity index (χ0) is 15.3. The van der Waals surface area contributed by atoms with Crippen LogP contribution in [0.1, 0.15) is 38.8 Å². The summed E-state index contributed by atoms with van der Waals surface area (Å²) in [7, 11) is 0. The van der Waals surface area contributed by atoms with Crippen LogP contribution in [0.2, 0.25) is 0 Å². The minimum Gasteiger partial charge on any atom is -0.465 e. The zero-order valence-electron chi connectivity index (χ0n) is 13.1. The summed E-state index contributed by atoms with van der Waals surface area (Å²) in [5, 5.41) is 3.50. The van der Waals surface area contributed by atoms with Crippen molar-refractivity contribution in [2.75, 3.05) is 19.7 Å². The minimum absolute atomic E-state index is 0.196. The number of nitrogens with zero attached hydrogens (tertiary/aromatic N) is 1. The average Bonchev–Trinajstić information content (AvgIpc) is 2.75. The molecule has 0 spiro atoms. The maximum absolute atomic E-state index is 12.2. The molecule has 0 aliphatic carbocycles. The number of carbonyl (C=O) groups excluding carboxylic acids is 1. The normalized spacial score (nSPS) is 19.6. The van der Waals surface area contributed by atoms with E-state index in [9.17, 15) is 4.79 Å². The zero-order valence-corrected chi connectivity index (χ0v) is 13.1. The average molecular weight is 288 g/mol. The highest BCUT2D eigenvalue weighted by atomic mass is 16.5. The third-order valence-corrected chi connectivity index (χ3v) is 3.91. The molecule has 1 unspecified atom stereocenters. The standard InChI is InChI=1S/C17H24N2O2/c1-4-21-16(20)17(2,3)15-12-14(18-10-11-19-15)13-8-6-5-7-9-13/h5-9,14,18H,4,10-12H2,1-3H3. The fourth-order valence-electron chi connectivity index (χ4n) is 2.56. The molecule has 1 aliphatic heterocycles. The fraction of sp³-hybridized carbons (Fsp3) is 0.529. The highest BCUT2D eigenvalue weighted by Crippen LogP contribution is 2.28. The molecule has 0 saturated carbocycles. The monoisotopic (exact) mass is 288 g/mol. The molecule has 21 heavy (non-hydrogen) atoms. The molecule has 0 aromatic heterocycles. The van der Waals surface area contributed by atoms with Crippen LogP contribution in [0.4, 0.5) is 0 Å². The van der Waals surface area contributed by atoms with E-state index in [1.165, 1.54) is 5.56 Å². The van der Waals surface area contributed by atoms with Gasteiger partial charge in [0, 0.05) is 24.7 Å². The van der Waals surface area contributed by atoms with Crippen molar-refractivity contribution in [2.24, 2.45) is 10.4 Å². The van der Waals surface area contributed by atoms with E-state index in [-0.39, 0.29) is 12.0 Å². The molecule has 0 saturated heterocycles. The van der Waals surface area contributed by atoms with Crippen molar-refractivity contribution < 1.29 is 9.53 Å². The van der Waals surface area contributed by atoms with Gasteiger partial charge in [-0.2, -0.15) is 0 Å². The second kappa shape index (κ2) is 6.85. The van der Waals surface area contributed by atoms with E-state index in [0.717, 1.165) is 18.7 Å². The Balaban J connectivity index is 2.19. The number of rotatable bonds is 4. The quantitative estimate of drug-likeness (QED) is 0.867. The number of aliphatic imine (C=N–C) groups is 1. The van der Waals surface area contributed by atoms with Crippen molar-refractivity contribution in [2.45, 2.75) is 33.2 Å². The molecule has 0 radical (unpaired) electrons.